The van der Waals surface area contributed by atoms with Crippen LogP contribution in [0, 0.1) is 6.92 Å². The molecule has 22 heavy (non-hydrogen) atoms. The number of rotatable bonds is 4. The van der Waals surface area contributed by atoms with Crippen LogP contribution in [-0.2, 0) is 6.54 Å². The second kappa shape index (κ2) is 6.22. The number of nitrogens with zero attached hydrogens (tertiary/aromatic N) is 3. The largest absolute Gasteiger partial charge is 0.345 e. The third-order valence-electron chi connectivity index (χ3n) is 3.30. The van der Waals surface area contributed by atoms with E-state index in [-0.39, 0.29) is 5.91 Å². The smallest absolute Gasteiger partial charge is 0.271 e. The van der Waals surface area contributed by atoms with E-state index in [2.05, 4.69) is 15.3 Å². The van der Waals surface area contributed by atoms with E-state index in [1.54, 1.807) is 18.7 Å². The summed E-state index contributed by atoms with van der Waals surface area (Å²) < 4.78 is 1.83. The number of carbonyl (C=O) groups excluding carboxylic acids is 1. The Morgan fingerprint density at radius 3 is 2.68 bits per heavy atom. The van der Waals surface area contributed by atoms with Crippen LogP contribution in [0.1, 0.15) is 21.7 Å². The van der Waals surface area contributed by atoms with Crippen molar-refractivity contribution in [3.63, 3.8) is 0 Å². The van der Waals surface area contributed by atoms with Gasteiger partial charge in [0.05, 0.1) is 12.2 Å². The molecule has 0 saturated carbocycles. The molecule has 0 fully saturated rings. The molecule has 0 bridgehead atoms. The molecule has 0 spiro atoms. The average Bonchev–Trinajstić information content (AvgIpc) is 3.04. The Labute approximate surface area is 128 Å². The first kappa shape index (κ1) is 14.0. The second-order valence-corrected chi connectivity index (χ2v) is 5.01. The lowest BCUT2D eigenvalue weighted by Gasteiger charge is -2.03. The zero-order chi connectivity index (χ0) is 15.4. The van der Waals surface area contributed by atoms with Crippen LogP contribution in [0.5, 0.6) is 0 Å². The summed E-state index contributed by atoms with van der Waals surface area (Å²) in [5, 5.41) is 2.81. The van der Waals surface area contributed by atoms with Gasteiger partial charge in [-0.1, -0.05) is 23.8 Å². The van der Waals surface area contributed by atoms with E-state index < -0.39 is 0 Å². The Morgan fingerprint density at radius 1 is 1.14 bits per heavy atom. The fourth-order valence-electron chi connectivity index (χ4n) is 2.06. The third-order valence-corrected chi connectivity index (χ3v) is 3.30. The number of aromatic nitrogens is 3. The molecule has 2 heterocycles. The molecular weight excluding hydrogens is 276 g/mol. The summed E-state index contributed by atoms with van der Waals surface area (Å²) in [4.78, 5) is 20.4. The van der Waals surface area contributed by atoms with Crippen LogP contribution >= 0.6 is 0 Å². The lowest BCUT2D eigenvalue weighted by Crippen LogP contribution is -2.23. The van der Waals surface area contributed by atoms with Gasteiger partial charge in [0, 0.05) is 18.1 Å². The van der Waals surface area contributed by atoms with Crippen LogP contribution in [-0.4, -0.2) is 20.4 Å². The van der Waals surface area contributed by atoms with Crippen molar-refractivity contribution < 1.29 is 4.79 Å². The molecule has 5 heteroatoms. The fraction of sp³-hybridized carbons (Fsp3) is 0.118. The number of amides is 1. The normalized spacial score (nSPS) is 10.4. The average molecular weight is 292 g/mol. The minimum absolute atomic E-state index is 0.212. The van der Waals surface area contributed by atoms with E-state index in [1.807, 2.05) is 54.0 Å². The quantitative estimate of drug-likeness (QED) is 0.803. The molecule has 5 nitrogen and oxygen atoms in total. The molecule has 3 rings (SSSR count). The van der Waals surface area contributed by atoms with Gasteiger partial charge in [-0.2, -0.15) is 0 Å². The second-order valence-electron chi connectivity index (χ2n) is 5.01. The van der Waals surface area contributed by atoms with E-state index in [0.29, 0.717) is 12.2 Å². The van der Waals surface area contributed by atoms with Crippen LogP contribution < -0.4 is 5.32 Å². The van der Waals surface area contributed by atoms with Crippen molar-refractivity contribution in [1.29, 1.82) is 0 Å². The first-order valence-electron chi connectivity index (χ1n) is 7.01. The lowest BCUT2D eigenvalue weighted by molar-refractivity contribution is 0.0946. The first-order chi connectivity index (χ1) is 10.7. The highest BCUT2D eigenvalue weighted by atomic mass is 16.1. The molecule has 0 saturated heterocycles. The lowest BCUT2D eigenvalue weighted by atomic mass is 10.2. The molecule has 1 aromatic carbocycles. The molecule has 1 N–H and O–H groups in total. The molecule has 0 aliphatic heterocycles. The molecular formula is C17H16N4O. The van der Waals surface area contributed by atoms with Gasteiger partial charge in [-0.15, -0.1) is 0 Å². The predicted octanol–water partition coefficient (Wildman–Crippen LogP) is 2.51. The van der Waals surface area contributed by atoms with Gasteiger partial charge in [0.2, 0.25) is 0 Å². The number of pyridine rings is 1. The molecule has 0 unspecified atom stereocenters. The molecule has 3 aromatic rings. The highest BCUT2D eigenvalue weighted by Crippen LogP contribution is 2.10. The first-order valence-corrected chi connectivity index (χ1v) is 7.01. The van der Waals surface area contributed by atoms with Crippen molar-refractivity contribution in [3.05, 3.63) is 78.1 Å². The Morgan fingerprint density at radius 2 is 1.95 bits per heavy atom. The number of carbonyl (C=O) groups is 1. The topological polar surface area (TPSA) is 59.8 Å². The third kappa shape index (κ3) is 3.20. The van der Waals surface area contributed by atoms with E-state index in [9.17, 15) is 4.79 Å². The Balaban J connectivity index is 1.68. The maximum Gasteiger partial charge on any atom is 0.271 e. The zero-order valence-electron chi connectivity index (χ0n) is 12.2. The molecule has 1 amide bonds. The maximum absolute atomic E-state index is 12.1. The van der Waals surface area contributed by atoms with Gasteiger partial charge in [-0.25, -0.2) is 4.98 Å². The highest BCUT2D eigenvalue weighted by Gasteiger charge is 2.09. The number of nitrogens with one attached hydrogen (secondary N) is 1. The molecule has 0 atom stereocenters. The standard InChI is InChI=1S/C17H16N4O/c1-13-5-7-15(8-6-13)21-11-16(20-12-21)17(22)19-10-14-4-2-3-9-18-14/h2-9,11-12H,10H2,1H3,(H,19,22). The highest BCUT2D eigenvalue weighted by molar-refractivity contribution is 5.92. The fourth-order valence-corrected chi connectivity index (χ4v) is 2.06. The Bertz CT molecular complexity index is 763. The monoisotopic (exact) mass is 292 g/mol. The molecule has 110 valence electrons. The van der Waals surface area contributed by atoms with E-state index in [4.69, 9.17) is 0 Å². The van der Waals surface area contributed by atoms with Gasteiger partial charge in [-0.3, -0.25) is 9.78 Å². The van der Waals surface area contributed by atoms with Gasteiger partial charge < -0.3 is 9.88 Å². The van der Waals surface area contributed by atoms with Crippen molar-refractivity contribution in [3.8, 4) is 5.69 Å². The van der Waals surface area contributed by atoms with Crippen LogP contribution in [0.25, 0.3) is 5.69 Å². The summed E-state index contributed by atoms with van der Waals surface area (Å²) in [6.45, 7) is 2.42. The van der Waals surface area contributed by atoms with Gasteiger partial charge in [-0.05, 0) is 31.2 Å². The summed E-state index contributed by atoms with van der Waals surface area (Å²) in [5.41, 5.74) is 3.37. The summed E-state index contributed by atoms with van der Waals surface area (Å²) in [6.07, 6.45) is 5.06. The SMILES string of the molecule is Cc1ccc(-n2cnc(C(=O)NCc3ccccn3)c2)cc1. The van der Waals surface area contributed by atoms with E-state index >= 15 is 0 Å². The summed E-state index contributed by atoms with van der Waals surface area (Å²) in [5.74, 6) is -0.212. The van der Waals surface area contributed by atoms with Crippen molar-refractivity contribution >= 4 is 5.91 Å². The van der Waals surface area contributed by atoms with Crippen LogP contribution in [0.2, 0.25) is 0 Å². The Kier molecular flexibility index (Phi) is 3.96. The summed E-state index contributed by atoms with van der Waals surface area (Å²) >= 11 is 0. The van der Waals surface area contributed by atoms with Crippen molar-refractivity contribution in [2.75, 3.05) is 0 Å². The zero-order valence-corrected chi connectivity index (χ0v) is 12.2. The Hall–Kier alpha value is -2.95. The molecule has 0 aliphatic carbocycles. The maximum atomic E-state index is 12.1. The van der Waals surface area contributed by atoms with Crippen LogP contribution in [0.4, 0.5) is 0 Å². The number of hydrogen-bond acceptors (Lipinski definition) is 3. The van der Waals surface area contributed by atoms with Crippen molar-refractivity contribution in [1.82, 2.24) is 19.9 Å². The number of hydrogen-bond donors (Lipinski definition) is 1. The van der Waals surface area contributed by atoms with Crippen molar-refractivity contribution in [2.45, 2.75) is 13.5 Å². The van der Waals surface area contributed by atoms with Gasteiger partial charge in [0.25, 0.3) is 5.91 Å². The summed E-state index contributed by atoms with van der Waals surface area (Å²) in [6, 6.07) is 13.6. The summed E-state index contributed by atoms with van der Waals surface area (Å²) in [7, 11) is 0. The number of aryl methyl sites for hydroxylation is 1. The van der Waals surface area contributed by atoms with Crippen molar-refractivity contribution in [2.24, 2.45) is 0 Å². The minimum Gasteiger partial charge on any atom is -0.345 e. The molecule has 2 aromatic heterocycles. The minimum atomic E-state index is -0.212. The number of imidazole rings is 1. The predicted molar refractivity (Wildman–Crippen MR) is 83.7 cm³/mol. The van der Waals surface area contributed by atoms with Gasteiger partial charge in [0.1, 0.15) is 12.0 Å². The number of benzene rings is 1. The van der Waals surface area contributed by atoms with E-state index in [1.165, 1.54) is 5.56 Å². The van der Waals surface area contributed by atoms with Gasteiger partial charge in [0.15, 0.2) is 0 Å². The van der Waals surface area contributed by atoms with E-state index in [0.717, 1.165) is 11.4 Å². The van der Waals surface area contributed by atoms with Crippen LogP contribution in [0.3, 0.4) is 0 Å². The van der Waals surface area contributed by atoms with Gasteiger partial charge >= 0.3 is 0 Å². The van der Waals surface area contributed by atoms with Crippen LogP contribution in [0.15, 0.2) is 61.2 Å². The molecule has 0 aliphatic rings. The molecule has 0 radical (unpaired) electrons.